The highest BCUT2D eigenvalue weighted by Crippen LogP contribution is 2.18. The molecule has 5 heteroatoms. The summed E-state index contributed by atoms with van der Waals surface area (Å²) in [6.07, 6.45) is 1.81. The Morgan fingerprint density at radius 3 is 2.65 bits per heavy atom. The second-order valence-corrected chi connectivity index (χ2v) is 4.67. The number of aromatic nitrogens is 3. The first kappa shape index (κ1) is 12.3. The third-order valence-corrected chi connectivity index (χ3v) is 3.05. The lowest BCUT2D eigenvalue weighted by Gasteiger charge is -2.06. The molecule has 0 atom stereocenters. The van der Waals surface area contributed by atoms with Crippen molar-refractivity contribution in [2.75, 3.05) is 5.32 Å². The van der Waals surface area contributed by atoms with Crippen molar-refractivity contribution in [3.8, 4) is 0 Å². The molecule has 100 valence electrons. The van der Waals surface area contributed by atoms with Gasteiger partial charge in [0.15, 0.2) is 0 Å². The number of carbonyl (C=O) groups excluding carboxylic acids is 1. The molecule has 0 saturated heterocycles. The Morgan fingerprint density at radius 2 is 1.90 bits per heavy atom. The monoisotopic (exact) mass is 266 g/mol. The molecule has 1 amide bonds. The Hall–Kier alpha value is -2.69. The van der Waals surface area contributed by atoms with E-state index in [1.165, 1.54) is 0 Å². The molecular weight excluding hydrogens is 252 g/mol. The fraction of sp³-hybridized carbons (Fsp3) is 0.133. The van der Waals surface area contributed by atoms with E-state index in [0.717, 1.165) is 22.3 Å². The van der Waals surface area contributed by atoms with E-state index in [1.54, 1.807) is 6.07 Å². The van der Waals surface area contributed by atoms with Crippen LogP contribution in [-0.4, -0.2) is 20.9 Å². The van der Waals surface area contributed by atoms with Crippen LogP contribution in [0.5, 0.6) is 0 Å². The van der Waals surface area contributed by atoms with Crippen molar-refractivity contribution in [2.45, 2.75) is 13.8 Å². The predicted octanol–water partition coefficient (Wildman–Crippen LogP) is 2.83. The van der Waals surface area contributed by atoms with Gasteiger partial charge in [0.25, 0.3) is 5.91 Å². The normalized spacial score (nSPS) is 10.7. The van der Waals surface area contributed by atoms with Crippen LogP contribution in [-0.2, 0) is 0 Å². The highest BCUT2D eigenvalue weighted by atomic mass is 16.1. The molecule has 0 aliphatic rings. The number of hydrogen-bond acceptors (Lipinski definition) is 3. The Kier molecular flexibility index (Phi) is 2.95. The van der Waals surface area contributed by atoms with Crippen LogP contribution >= 0.6 is 0 Å². The quantitative estimate of drug-likeness (QED) is 0.749. The highest BCUT2D eigenvalue weighted by molar-refractivity contribution is 6.11. The third-order valence-electron chi connectivity index (χ3n) is 3.05. The van der Waals surface area contributed by atoms with Crippen LogP contribution in [0.2, 0.25) is 0 Å². The van der Waals surface area contributed by atoms with E-state index < -0.39 is 0 Å². The number of amides is 1. The number of nitrogens with one attached hydrogen (secondary N) is 2. The van der Waals surface area contributed by atoms with Gasteiger partial charge in [0.2, 0.25) is 5.95 Å². The maximum absolute atomic E-state index is 12.3. The predicted molar refractivity (Wildman–Crippen MR) is 77.8 cm³/mol. The second kappa shape index (κ2) is 4.77. The molecule has 20 heavy (non-hydrogen) atoms. The SMILES string of the molecule is Cc1cc(C)nc(NC(=O)c2cccc3[nH]ccc23)n1. The van der Waals surface area contributed by atoms with Crippen LogP contribution < -0.4 is 5.32 Å². The summed E-state index contributed by atoms with van der Waals surface area (Å²) in [6.45, 7) is 3.74. The van der Waals surface area contributed by atoms with Gasteiger partial charge in [0, 0.05) is 34.1 Å². The van der Waals surface area contributed by atoms with Gasteiger partial charge >= 0.3 is 0 Å². The second-order valence-electron chi connectivity index (χ2n) is 4.67. The van der Waals surface area contributed by atoms with E-state index in [4.69, 9.17) is 0 Å². The largest absolute Gasteiger partial charge is 0.361 e. The smallest absolute Gasteiger partial charge is 0.258 e. The lowest BCUT2D eigenvalue weighted by Crippen LogP contribution is -2.15. The van der Waals surface area contributed by atoms with Gasteiger partial charge in [-0.25, -0.2) is 9.97 Å². The number of fused-ring (bicyclic) bond motifs is 1. The Labute approximate surface area is 116 Å². The van der Waals surface area contributed by atoms with Crippen molar-refractivity contribution in [1.82, 2.24) is 15.0 Å². The zero-order valence-electron chi connectivity index (χ0n) is 11.3. The zero-order valence-corrected chi connectivity index (χ0v) is 11.3. The molecule has 0 unspecified atom stereocenters. The van der Waals surface area contributed by atoms with Gasteiger partial charge in [-0.05, 0) is 38.1 Å². The number of carbonyl (C=O) groups is 1. The summed E-state index contributed by atoms with van der Waals surface area (Å²) in [5.41, 5.74) is 3.19. The summed E-state index contributed by atoms with van der Waals surface area (Å²) in [6, 6.07) is 9.30. The number of aryl methyl sites for hydroxylation is 2. The fourth-order valence-corrected chi connectivity index (χ4v) is 2.23. The van der Waals surface area contributed by atoms with Gasteiger partial charge in [-0.15, -0.1) is 0 Å². The molecular formula is C15H14N4O. The van der Waals surface area contributed by atoms with Crippen molar-refractivity contribution in [2.24, 2.45) is 0 Å². The minimum atomic E-state index is -0.208. The molecule has 2 heterocycles. The molecule has 1 aromatic carbocycles. The van der Waals surface area contributed by atoms with E-state index in [9.17, 15) is 4.79 Å². The summed E-state index contributed by atoms with van der Waals surface area (Å²) in [7, 11) is 0. The Balaban J connectivity index is 1.95. The molecule has 3 rings (SSSR count). The lowest BCUT2D eigenvalue weighted by atomic mass is 10.1. The molecule has 2 N–H and O–H groups in total. The first-order valence-corrected chi connectivity index (χ1v) is 6.33. The van der Waals surface area contributed by atoms with Crippen molar-refractivity contribution in [3.63, 3.8) is 0 Å². The number of nitrogens with zero attached hydrogens (tertiary/aromatic N) is 2. The van der Waals surface area contributed by atoms with E-state index in [2.05, 4.69) is 20.3 Å². The summed E-state index contributed by atoms with van der Waals surface area (Å²) < 4.78 is 0. The average molecular weight is 266 g/mol. The number of benzene rings is 1. The lowest BCUT2D eigenvalue weighted by molar-refractivity contribution is 0.102. The van der Waals surface area contributed by atoms with Gasteiger partial charge in [-0.3, -0.25) is 10.1 Å². The minimum absolute atomic E-state index is 0.208. The molecule has 5 nitrogen and oxygen atoms in total. The van der Waals surface area contributed by atoms with Crippen LogP contribution in [0.25, 0.3) is 10.9 Å². The molecule has 0 fully saturated rings. The van der Waals surface area contributed by atoms with Crippen molar-refractivity contribution >= 4 is 22.8 Å². The van der Waals surface area contributed by atoms with Crippen LogP contribution in [0.1, 0.15) is 21.7 Å². The van der Waals surface area contributed by atoms with Crippen LogP contribution in [0.3, 0.4) is 0 Å². The number of aromatic amines is 1. The standard InChI is InChI=1S/C15H14N4O/c1-9-8-10(2)18-15(17-9)19-14(20)12-4-3-5-13-11(12)6-7-16-13/h3-8,16H,1-2H3,(H,17,18,19,20). The van der Waals surface area contributed by atoms with Gasteiger partial charge in [0.05, 0.1) is 0 Å². The van der Waals surface area contributed by atoms with E-state index >= 15 is 0 Å². The third kappa shape index (κ3) is 2.25. The van der Waals surface area contributed by atoms with Gasteiger partial charge in [-0.1, -0.05) is 6.07 Å². The Bertz CT molecular complexity index is 771. The van der Waals surface area contributed by atoms with Crippen molar-refractivity contribution < 1.29 is 4.79 Å². The summed E-state index contributed by atoms with van der Waals surface area (Å²) in [4.78, 5) is 23.9. The maximum atomic E-state index is 12.3. The first-order valence-electron chi connectivity index (χ1n) is 6.33. The zero-order chi connectivity index (χ0) is 14.1. The average Bonchev–Trinajstić information content (AvgIpc) is 2.85. The summed E-state index contributed by atoms with van der Waals surface area (Å²) in [5.74, 6) is 0.125. The van der Waals surface area contributed by atoms with Gasteiger partial charge in [0.1, 0.15) is 0 Å². The van der Waals surface area contributed by atoms with Crippen LogP contribution in [0.15, 0.2) is 36.5 Å². The molecule has 0 aliphatic carbocycles. The maximum Gasteiger partial charge on any atom is 0.258 e. The number of hydrogen-bond donors (Lipinski definition) is 2. The summed E-state index contributed by atoms with van der Waals surface area (Å²) in [5, 5.41) is 3.63. The van der Waals surface area contributed by atoms with Crippen molar-refractivity contribution in [3.05, 3.63) is 53.5 Å². The molecule has 0 spiro atoms. The topological polar surface area (TPSA) is 70.7 Å². The first-order chi connectivity index (χ1) is 9.63. The van der Waals surface area contributed by atoms with E-state index in [-0.39, 0.29) is 5.91 Å². The van der Waals surface area contributed by atoms with E-state index in [1.807, 2.05) is 44.3 Å². The van der Waals surface area contributed by atoms with E-state index in [0.29, 0.717) is 11.5 Å². The number of anilines is 1. The van der Waals surface area contributed by atoms with Gasteiger partial charge < -0.3 is 4.98 Å². The van der Waals surface area contributed by atoms with Crippen LogP contribution in [0.4, 0.5) is 5.95 Å². The minimum Gasteiger partial charge on any atom is -0.361 e. The Morgan fingerprint density at radius 1 is 1.15 bits per heavy atom. The fourth-order valence-electron chi connectivity index (χ4n) is 2.23. The molecule has 2 aromatic heterocycles. The molecule has 0 bridgehead atoms. The summed E-state index contributed by atoms with van der Waals surface area (Å²) >= 11 is 0. The highest BCUT2D eigenvalue weighted by Gasteiger charge is 2.12. The van der Waals surface area contributed by atoms with Gasteiger partial charge in [-0.2, -0.15) is 0 Å². The van der Waals surface area contributed by atoms with Crippen molar-refractivity contribution in [1.29, 1.82) is 0 Å². The molecule has 3 aromatic rings. The number of rotatable bonds is 2. The van der Waals surface area contributed by atoms with Crippen LogP contribution in [0, 0.1) is 13.8 Å². The number of H-pyrrole nitrogens is 1. The molecule has 0 radical (unpaired) electrons. The molecule has 0 aliphatic heterocycles. The molecule has 0 saturated carbocycles.